The first-order valence-electron chi connectivity index (χ1n) is 12.8. The fourth-order valence-corrected chi connectivity index (χ4v) is 4.10. The predicted molar refractivity (Wildman–Crippen MR) is 132 cm³/mol. The molecule has 0 radical (unpaired) electrons. The number of ether oxygens (including phenoxy) is 7. The van der Waals surface area contributed by atoms with Crippen LogP contribution in [-0.2, 0) is 52.3 Å². The molecule has 2 heterocycles. The molecule has 0 aromatic carbocycles. The van der Waals surface area contributed by atoms with Gasteiger partial charge in [0.1, 0.15) is 18.3 Å². The number of carbonyl (C=O) groups is 5. The summed E-state index contributed by atoms with van der Waals surface area (Å²) in [7, 11) is 0. The van der Waals surface area contributed by atoms with Crippen LogP contribution in [0.4, 0.5) is 4.79 Å². The highest BCUT2D eigenvalue weighted by Gasteiger charge is 2.52. The zero-order valence-electron chi connectivity index (χ0n) is 23.6. The van der Waals surface area contributed by atoms with Gasteiger partial charge in [-0.3, -0.25) is 24.1 Å². The molecule has 1 amide bonds. The van der Waals surface area contributed by atoms with Crippen molar-refractivity contribution in [2.24, 2.45) is 0 Å². The third-order valence-electron chi connectivity index (χ3n) is 5.66. The van der Waals surface area contributed by atoms with Crippen molar-refractivity contribution in [2.75, 3.05) is 45.9 Å². The summed E-state index contributed by atoms with van der Waals surface area (Å²) in [6, 6.07) is 0. The van der Waals surface area contributed by atoms with E-state index in [0.29, 0.717) is 32.7 Å². The smallest absolute Gasteiger partial charge is 0.410 e. The van der Waals surface area contributed by atoms with Crippen LogP contribution in [-0.4, -0.2) is 122 Å². The van der Waals surface area contributed by atoms with Crippen LogP contribution in [0.25, 0.3) is 0 Å². The molecule has 5 atom stereocenters. The molecule has 0 aromatic rings. The quantitative estimate of drug-likeness (QED) is 0.286. The lowest BCUT2D eigenvalue weighted by atomic mass is 9.98. The number of rotatable bonds is 9. The molecule has 0 bridgehead atoms. The molecule has 2 saturated heterocycles. The van der Waals surface area contributed by atoms with Crippen molar-refractivity contribution >= 4 is 30.0 Å². The van der Waals surface area contributed by atoms with Crippen LogP contribution >= 0.6 is 0 Å². The van der Waals surface area contributed by atoms with Crippen molar-refractivity contribution in [1.82, 2.24) is 9.80 Å². The average Bonchev–Trinajstić information content (AvgIpc) is 2.79. The minimum Gasteiger partial charge on any atom is -0.463 e. The van der Waals surface area contributed by atoms with Gasteiger partial charge in [0.05, 0.1) is 6.61 Å². The van der Waals surface area contributed by atoms with Gasteiger partial charge in [0, 0.05) is 60.4 Å². The summed E-state index contributed by atoms with van der Waals surface area (Å²) in [4.78, 5) is 63.1. The Labute approximate surface area is 228 Å². The maximum Gasteiger partial charge on any atom is 0.410 e. The van der Waals surface area contributed by atoms with Crippen molar-refractivity contribution in [3.63, 3.8) is 0 Å². The zero-order valence-corrected chi connectivity index (χ0v) is 23.6. The number of esters is 4. The maximum absolute atomic E-state index is 12.3. The molecule has 2 fully saturated rings. The van der Waals surface area contributed by atoms with Gasteiger partial charge in [-0.2, -0.15) is 0 Å². The monoisotopic (exact) mass is 560 g/mol. The molecule has 2 aliphatic rings. The molecule has 3 unspecified atom stereocenters. The van der Waals surface area contributed by atoms with Crippen molar-refractivity contribution in [2.45, 2.75) is 84.8 Å². The molecule has 2 rings (SSSR count). The Morgan fingerprint density at radius 2 is 1.31 bits per heavy atom. The van der Waals surface area contributed by atoms with Gasteiger partial charge in [-0.1, -0.05) is 0 Å². The van der Waals surface area contributed by atoms with Gasteiger partial charge in [0.15, 0.2) is 24.6 Å². The summed E-state index contributed by atoms with van der Waals surface area (Å²) in [5.41, 5.74) is -0.577. The zero-order chi connectivity index (χ0) is 29.3. The van der Waals surface area contributed by atoms with Crippen LogP contribution < -0.4 is 0 Å². The van der Waals surface area contributed by atoms with Crippen molar-refractivity contribution in [3.8, 4) is 0 Å². The van der Waals surface area contributed by atoms with E-state index in [-0.39, 0.29) is 19.3 Å². The number of hydrogen-bond acceptors (Lipinski definition) is 13. The van der Waals surface area contributed by atoms with E-state index < -0.39 is 60.2 Å². The van der Waals surface area contributed by atoms with Crippen molar-refractivity contribution in [1.29, 1.82) is 0 Å². The lowest BCUT2D eigenvalue weighted by Crippen LogP contribution is -2.63. The third-order valence-corrected chi connectivity index (χ3v) is 5.66. The molecule has 0 saturated carbocycles. The van der Waals surface area contributed by atoms with Gasteiger partial charge in [-0.05, 0) is 20.8 Å². The maximum atomic E-state index is 12.3. The minimum absolute atomic E-state index is 0.125. The normalized spacial score (nSPS) is 25.8. The molecule has 2 aliphatic heterocycles. The number of carbonyl (C=O) groups excluding carboxylic acids is 5. The first-order chi connectivity index (χ1) is 18.2. The Bertz CT molecular complexity index is 881. The first kappa shape index (κ1) is 32.2. The van der Waals surface area contributed by atoms with E-state index in [2.05, 4.69) is 4.90 Å². The second kappa shape index (κ2) is 14.4. The molecule has 0 aliphatic carbocycles. The van der Waals surface area contributed by atoms with Crippen LogP contribution in [0, 0.1) is 0 Å². The molecule has 14 heteroatoms. The topological polar surface area (TPSA) is 156 Å². The summed E-state index contributed by atoms with van der Waals surface area (Å²) >= 11 is 0. The number of piperazine rings is 1. The van der Waals surface area contributed by atoms with Crippen molar-refractivity contribution in [3.05, 3.63) is 0 Å². The predicted octanol–water partition coefficient (Wildman–Crippen LogP) is 0.639. The molecule has 0 spiro atoms. The van der Waals surface area contributed by atoms with E-state index in [1.807, 2.05) is 20.8 Å². The number of hydrogen-bond donors (Lipinski definition) is 0. The molecule has 14 nitrogen and oxygen atoms in total. The Morgan fingerprint density at radius 3 is 1.82 bits per heavy atom. The van der Waals surface area contributed by atoms with E-state index in [1.165, 1.54) is 6.92 Å². The van der Waals surface area contributed by atoms with E-state index in [1.54, 1.807) is 4.90 Å². The van der Waals surface area contributed by atoms with E-state index >= 15 is 0 Å². The average molecular weight is 561 g/mol. The van der Waals surface area contributed by atoms with Crippen LogP contribution in [0.3, 0.4) is 0 Å². The lowest BCUT2D eigenvalue weighted by Gasteiger charge is -2.44. The number of amides is 1. The van der Waals surface area contributed by atoms with Crippen molar-refractivity contribution < 1.29 is 57.1 Å². The molecular formula is C25H40N2O12. The molecular weight excluding hydrogens is 520 g/mol. The van der Waals surface area contributed by atoms with Gasteiger partial charge in [-0.15, -0.1) is 0 Å². The fourth-order valence-electron chi connectivity index (χ4n) is 4.10. The first-order valence-corrected chi connectivity index (χ1v) is 12.8. The summed E-state index contributed by atoms with van der Waals surface area (Å²) < 4.78 is 38.5. The summed E-state index contributed by atoms with van der Waals surface area (Å²) in [5, 5.41) is 0. The fraction of sp³-hybridized carbons (Fsp3) is 0.800. The Morgan fingerprint density at radius 1 is 0.769 bits per heavy atom. The van der Waals surface area contributed by atoms with Crippen LogP contribution in [0.2, 0.25) is 0 Å². The Kier molecular flexibility index (Phi) is 11.9. The van der Waals surface area contributed by atoms with Crippen LogP contribution in [0.1, 0.15) is 48.5 Å². The van der Waals surface area contributed by atoms with Crippen LogP contribution in [0.15, 0.2) is 0 Å². The highest BCUT2D eigenvalue weighted by atomic mass is 16.7. The second-order valence-electron chi connectivity index (χ2n) is 10.2. The highest BCUT2D eigenvalue weighted by Crippen LogP contribution is 2.30. The summed E-state index contributed by atoms with van der Waals surface area (Å²) in [6.07, 6.45) is -6.46. The standard InChI is InChI=1S/C25H40N2O12/c1-15(28)34-14-19-20(35-16(2)29)21(36-17(3)30)22(37-18(4)31)23(38-19)33-13-12-26-8-10-27(11-9-26)24(32)39-25(5,6)7/h19-23H,8-14H2,1-7H3/t19?,20-,21?,22?,23-/m1/s1. The van der Waals surface area contributed by atoms with Crippen LogP contribution in [0.5, 0.6) is 0 Å². The molecule has 39 heavy (non-hydrogen) atoms. The summed E-state index contributed by atoms with van der Waals surface area (Å²) in [6.45, 7) is 12.5. The largest absolute Gasteiger partial charge is 0.463 e. The highest BCUT2D eigenvalue weighted by molar-refractivity contribution is 5.69. The Hall–Kier alpha value is -2.97. The Balaban J connectivity index is 2.09. The number of nitrogens with zero attached hydrogens (tertiary/aromatic N) is 2. The SMILES string of the molecule is CC(=O)OCC1O[C@@H](OCCN2CCN(C(=O)OC(C)(C)C)CC2)C(OC(C)=O)C(OC(C)=O)[C@@H]1OC(C)=O. The van der Waals surface area contributed by atoms with E-state index in [4.69, 9.17) is 33.2 Å². The van der Waals surface area contributed by atoms with Gasteiger partial charge in [-0.25, -0.2) is 4.79 Å². The molecule has 222 valence electrons. The van der Waals surface area contributed by atoms with Gasteiger partial charge >= 0.3 is 30.0 Å². The molecule has 0 aromatic heterocycles. The van der Waals surface area contributed by atoms with Gasteiger partial charge < -0.3 is 38.1 Å². The lowest BCUT2D eigenvalue weighted by molar-refractivity contribution is -0.308. The summed E-state index contributed by atoms with van der Waals surface area (Å²) in [5.74, 6) is -2.73. The second-order valence-corrected chi connectivity index (χ2v) is 10.2. The van der Waals surface area contributed by atoms with Gasteiger partial charge in [0.25, 0.3) is 0 Å². The molecule has 0 N–H and O–H groups in total. The van der Waals surface area contributed by atoms with E-state index in [0.717, 1.165) is 20.8 Å². The third kappa shape index (κ3) is 11.0. The van der Waals surface area contributed by atoms with Gasteiger partial charge in [0.2, 0.25) is 0 Å². The minimum atomic E-state index is -1.29. The van der Waals surface area contributed by atoms with E-state index in [9.17, 15) is 24.0 Å².